The molecule has 13 rings (SSSR count). The molecule has 0 bridgehead atoms. The molecule has 4 aliphatic rings. The summed E-state index contributed by atoms with van der Waals surface area (Å²) in [6.45, 7) is 3.33. The Kier molecular flexibility index (Phi) is 28.0. The van der Waals surface area contributed by atoms with Crippen molar-refractivity contribution < 1.29 is 53.0 Å². The topological polar surface area (TPSA) is 209 Å². The summed E-state index contributed by atoms with van der Waals surface area (Å²) in [6.07, 6.45) is 0.649. The number of benzene rings is 9. The van der Waals surface area contributed by atoms with E-state index in [0.717, 1.165) is 50.9 Å². The maximum atomic E-state index is 13.4. The number of rotatable bonds is 20. The van der Waals surface area contributed by atoms with Crippen LogP contribution < -0.4 is 4.74 Å². The first-order valence-electron chi connectivity index (χ1n) is 35.8. The third-order valence-corrected chi connectivity index (χ3v) is 20.5. The molecule has 109 heavy (non-hydrogen) atoms. The van der Waals surface area contributed by atoms with Gasteiger partial charge in [0.2, 0.25) is 41.4 Å². The number of amides is 8. The highest BCUT2D eigenvalue weighted by atomic mass is 35.5. The first-order valence-corrected chi connectivity index (χ1v) is 37.3. The molecular formula is C86H86Cl4N8O11. The van der Waals surface area contributed by atoms with Gasteiger partial charge in [-0.25, -0.2) is 0 Å². The van der Waals surface area contributed by atoms with Crippen LogP contribution in [0, 0.1) is 0 Å². The Morgan fingerprint density at radius 2 is 0.606 bits per heavy atom. The van der Waals surface area contributed by atoms with Crippen molar-refractivity contribution in [2.45, 2.75) is 114 Å². The molecule has 23 heteroatoms. The van der Waals surface area contributed by atoms with Crippen LogP contribution in [0.1, 0.15) is 109 Å². The molecule has 0 spiro atoms. The van der Waals surface area contributed by atoms with Crippen molar-refractivity contribution in [1.82, 2.24) is 39.2 Å². The molecule has 8 amide bonds. The molecular weight excluding hydrogens is 1460 g/mol. The molecule has 4 saturated heterocycles. The number of halogens is 4. The Balaban J connectivity index is 0.000000155. The Labute approximate surface area is 655 Å². The second-order valence-corrected chi connectivity index (χ2v) is 28.6. The summed E-state index contributed by atoms with van der Waals surface area (Å²) in [5.74, 6) is -1.50. The van der Waals surface area contributed by atoms with Gasteiger partial charge in [0.25, 0.3) is 5.91 Å². The molecule has 0 saturated carbocycles. The van der Waals surface area contributed by atoms with Crippen molar-refractivity contribution in [3.8, 4) is 5.75 Å². The van der Waals surface area contributed by atoms with Crippen LogP contribution in [0.5, 0.6) is 5.75 Å². The minimum atomic E-state index is -1.05. The van der Waals surface area contributed by atoms with Gasteiger partial charge in [-0.15, -0.1) is 0 Å². The van der Waals surface area contributed by atoms with Crippen LogP contribution in [0.3, 0.4) is 0 Å². The summed E-state index contributed by atoms with van der Waals surface area (Å²) in [7, 11) is 6.89. The van der Waals surface area contributed by atoms with Gasteiger partial charge in [0, 0.05) is 93.7 Å². The Bertz CT molecular complexity index is 4600. The predicted octanol–water partition coefficient (Wildman–Crippen LogP) is 14.8. The molecule has 4 heterocycles. The van der Waals surface area contributed by atoms with Crippen LogP contribution >= 0.6 is 46.4 Å². The normalized spacial score (nSPS) is 19.4. The fourth-order valence-corrected chi connectivity index (χ4v) is 14.7. The average Bonchev–Trinajstić information content (AvgIpc) is 1.64. The van der Waals surface area contributed by atoms with Crippen molar-refractivity contribution in [2.75, 3.05) is 34.8 Å². The largest absolute Gasteiger partial charge is 0.484 e. The lowest BCUT2D eigenvalue weighted by atomic mass is 10.0. The van der Waals surface area contributed by atoms with Crippen molar-refractivity contribution in [3.63, 3.8) is 0 Å². The van der Waals surface area contributed by atoms with Gasteiger partial charge < -0.3 is 49.0 Å². The van der Waals surface area contributed by atoms with Gasteiger partial charge in [0.1, 0.15) is 54.6 Å². The molecule has 0 aromatic heterocycles. The third kappa shape index (κ3) is 19.9. The number of likely N-dealkylation sites (N-methyl/N-ethyl adjacent to an activating group) is 4. The fraction of sp³-hybridized carbons (Fsp3) is 0.267. The number of carbonyl (C=O) groups is 9. The van der Waals surface area contributed by atoms with Crippen molar-refractivity contribution in [1.29, 1.82) is 0 Å². The molecule has 4 unspecified atom stereocenters. The van der Waals surface area contributed by atoms with Crippen LogP contribution in [-0.4, -0.2) is 156 Å². The van der Waals surface area contributed by atoms with E-state index in [1.807, 2.05) is 183 Å². The van der Waals surface area contributed by atoms with E-state index in [2.05, 4.69) is 0 Å². The van der Waals surface area contributed by atoms with Gasteiger partial charge in [-0.3, -0.25) is 43.2 Å². The van der Waals surface area contributed by atoms with Gasteiger partial charge in [-0.2, -0.15) is 0 Å². The average molecular weight is 1550 g/mol. The van der Waals surface area contributed by atoms with E-state index in [1.54, 1.807) is 130 Å². The van der Waals surface area contributed by atoms with E-state index in [0.29, 0.717) is 57.9 Å². The number of carbonyl (C=O) groups excluding carboxylic acids is 8. The van der Waals surface area contributed by atoms with E-state index >= 15 is 0 Å². The van der Waals surface area contributed by atoms with Crippen LogP contribution in [0.4, 0.5) is 0 Å². The number of carboxylic acids is 1. The van der Waals surface area contributed by atoms with Crippen LogP contribution in [-0.2, 0) is 68.8 Å². The van der Waals surface area contributed by atoms with Crippen LogP contribution in [0.15, 0.2) is 249 Å². The summed E-state index contributed by atoms with van der Waals surface area (Å²) >= 11 is 24.0. The van der Waals surface area contributed by atoms with Crippen molar-refractivity contribution >= 4 is 99.6 Å². The zero-order valence-electron chi connectivity index (χ0n) is 61.3. The van der Waals surface area contributed by atoms with E-state index in [-0.39, 0.29) is 72.9 Å². The smallest absolute Gasteiger partial charge is 0.303 e. The number of aliphatic carboxylic acids is 1. The molecule has 0 radical (unpaired) electrons. The number of para-hydroxylation sites is 1. The van der Waals surface area contributed by atoms with Crippen LogP contribution in [0.2, 0.25) is 20.1 Å². The summed E-state index contributed by atoms with van der Waals surface area (Å²) in [6, 6.07) is 74.5. The molecule has 0 aliphatic carbocycles. The first kappa shape index (κ1) is 80.7. The molecule has 8 atom stereocenters. The monoisotopic (exact) mass is 1550 g/mol. The van der Waals surface area contributed by atoms with E-state index in [1.165, 1.54) is 16.7 Å². The van der Waals surface area contributed by atoms with Gasteiger partial charge in [0.15, 0.2) is 6.61 Å². The Hall–Kier alpha value is -10.8. The number of hydrogen-bond acceptors (Lipinski definition) is 10. The lowest BCUT2D eigenvalue weighted by molar-refractivity contribution is -0.142. The minimum absolute atomic E-state index is 0.00563. The summed E-state index contributed by atoms with van der Waals surface area (Å²) in [4.78, 5) is 128. The fourth-order valence-electron chi connectivity index (χ4n) is 14.2. The maximum Gasteiger partial charge on any atom is 0.303 e. The van der Waals surface area contributed by atoms with Crippen molar-refractivity contribution in [2.24, 2.45) is 0 Å². The summed E-state index contributed by atoms with van der Waals surface area (Å²) < 4.78 is 5.71. The highest BCUT2D eigenvalue weighted by Crippen LogP contribution is 2.41. The summed E-state index contributed by atoms with van der Waals surface area (Å²) in [5.41, 5.74) is 7.35. The highest BCUT2D eigenvalue weighted by molar-refractivity contribution is 6.31. The second kappa shape index (κ2) is 37.8. The van der Waals surface area contributed by atoms with E-state index < -0.39 is 48.6 Å². The number of hydrogen-bond donors (Lipinski definition) is 1. The molecule has 19 nitrogen and oxygen atoms in total. The lowest BCUT2D eigenvalue weighted by Crippen LogP contribution is -2.43. The summed E-state index contributed by atoms with van der Waals surface area (Å²) in [5, 5.41) is 11.4. The Morgan fingerprint density at radius 1 is 0.339 bits per heavy atom. The van der Waals surface area contributed by atoms with Gasteiger partial charge in [0.05, 0.1) is 6.42 Å². The number of nitrogens with zero attached hydrogens (tertiary/aromatic N) is 8. The molecule has 564 valence electrons. The zero-order chi connectivity index (χ0) is 78.0. The van der Waals surface area contributed by atoms with E-state index in [4.69, 9.17) is 56.2 Å². The van der Waals surface area contributed by atoms with Gasteiger partial charge in [-0.1, -0.05) is 241 Å². The quantitative estimate of drug-likeness (QED) is 0.0759. The molecule has 4 fully saturated rings. The molecule has 9 aromatic carbocycles. The maximum absolute atomic E-state index is 13.4. The van der Waals surface area contributed by atoms with E-state index in [9.17, 15) is 43.2 Å². The van der Waals surface area contributed by atoms with Crippen LogP contribution in [0.25, 0.3) is 0 Å². The minimum Gasteiger partial charge on any atom is -0.484 e. The zero-order valence-corrected chi connectivity index (χ0v) is 64.3. The first-order chi connectivity index (χ1) is 52.4. The van der Waals surface area contributed by atoms with Gasteiger partial charge >= 0.3 is 5.97 Å². The third-order valence-electron chi connectivity index (χ3n) is 19.5. The van der Waals surface area contributed by atoms with Crippen molar-refractivity contribution in [3.05, 3.63) is 313 Å². The number of ether oxygens (including phenoxy) is 1. The molecule has 1 N–H and O–H groups in total. The van der Waals surface area contributed by atoms with Gasteiger partial charge in [-0.05, 0) is 112 Å². The molecule has 4 aliphatic heterocycles. The SMILES string of the molecule is CC(=O)N1C(c2ccccc2)N(C)C(=O)[C@H]1Cc1ccc(Cl)cc1.CCCC(=O)N1C(c2ccc(Cl)cc2)N(C)C(=O)[C@H]1Cc1ccccc1.CN1C(=O)[C@@H](Cc2ccccc2)N(C(=O)CCC(=O)O)C1c1ccc(Cl)cc1.CN1C(=O)[C@@H](Cc2ccccc2)N(C(=O)COc2ccccc2)C1c1ccc(Cl)cc1. The standard InChI is InChI=1S/C25H23ClN2O3.C21H21ClN2O4.C21H23ClN2O2.C19H19ClN2O2/c1-27-24(19-12-14-20(26)15-13-19)28(23(29)17-31-21-10-6-3-7-11-21)22(25(27)30)16-18-8-4-2-5-9-18;1-23-20(15-7-9-16(22)10-8-15)24(18(25)11-12-19(26)27)17(21(23)28)13-14-5-3-2-4-6-14;1-3-7-19(25)24-18(14-15-8-5-4-6-9-15)21(26)23(2)20(24)16-10-12-17(22)13-11-16;1-13(23)22-17(12-14-8-10-16(20)11-9-14)19(24)21(2)18(22)15-6-4-3-5-7-15/h2-15,22,24H,16-17H2,1H3;2-10,17,20H,11-13H2,1H3,(H,26,27);4-6,8-13,18,20H,3,7,14H2,1-2H3;3-11,17-18H,12H2,1-2H3/t22-,24?;17-,20?;18-,20?;17-,18?/m1111/s1. The molecule has 9 aromatic rings. The lowest BCUT2D eigenvalue weighted by Gasteiger charge is -2.30. The Morgan fingerprint density at radius 3 is 0.927 bits per heavy atom. The second-order valence-electron chi connectivity index (χ2n) is 26.9. The number of carboxylic acid groups (broad SMARTS) is 1. The predicted molar refractivity (Wildman–Crippen MR) is 420 cm³/mol. The highest BCUT2D eigenvalue weighted by Gasteiger charge is 2.51.